The molecule has 0 saturated carbocycles. The fourth-order valence-corrected chi connectivity index (χ4v) is 3.23. The summed E-state index contributed by atoms with van der Waals surface area (Å²) in [5.74, 6) is -0.670. The number of benzene rings is 2. The standard InChI is InChI=1S/C14H13BrFNO3S/c1-9-2-4-12(6-10(9)8-18)21(19,20)17-14-7-11(15)3-5-13(14)16/h2-7,17-18H,8H2,1H3. The number of anilines is 1. The van der Waals surface area contributed by atoms with Crippen LogP contribution in [0.1, 0.15) is 11.1 Å². The zero-order chi connectivity index (χ0) is 15.6. The van der Waals surface area contributed by atoms with Crippen molar-refractivity contribution in [3.63, 3.8) is 0 Å². The molecule has 0 aliphatic carbocycles. The van der Waals surface area contributed by atoms with Gasteiger partial charge in [0.2, 0.25) is 0 Å². The van der Waals surface area contributed by atoms with Crippen molar-refractivity contribution in [3.8, 4) is 0 Å². The minimum atomic E-state index is -3.92. The van der Waals surface area contributed by atoms with Gasteiger partial charge in [-0.05, 0) is 48.4 Å². The number of hydrogen-bond acceptors (Lipinski definition) is 3. The molecular weight excluding hydrogens is 361 g/mol. The van der Waals surface area contributed by atoms with Crippen LogP contribution in [-0.4, -0.2) is 13.5 Å². The predicted molar refractivity (Wildman–Crippen MR) is 82.0 cm³/mol. The molecule has 4 nitrogen and oxygen atoms in total. The van der Waals surface area contributed by atoms with Crippen molar-refractivity contribution in [3.05, 3.63) is 57.8 Å². The van der Waals surface area contributed by atoms with Crippen LogP contribution in [0.15, 0.2) is 45.8 Å². The first-order valence-electron chi connectivity index (χ1n) is 6.02. The Morgan fingerprint density at radius 3 is 2.62 bits per heavy atom. The molecule has 2 N–H and O–H groups in total. The summed E-state index contributed by atoms with van der Waals surface area (Å²) < 4.78 is 40.9. The van der Waals surface area contributed by atoms with Gasteiger partial charge in [-0.1, -0.05) is 22.0 Å². The van der Waals surface area contributed by atoms with Crippen molar-refractivity contribution in [1.29, 1.82) is 0 Å². The lowest BCUT2D eigenvalue weighted by atomic mass is 10.1. The molecule has 0 fully saturated rings. The fourth-order valence-electron chi connectivity index (χ4n) is 1.76. The van der Waals surface area contributed by atoms with Crippen LogP contribution in [0.25, 0.3) is 0 Å². The molecule has 0 radical (unpaired) electrons. The quantitative estimate of drug-likeness (QED) is 0.864. The average Bonchev–Trinajstić information content (AvgIpc) is 2.43. The topological polar surface area (TPSA) is 66.4 Å². The van der Waals surface area contributed by atoms with E-state index < -0.39 is 15.8 Å². The molecule has 112 valence electrons. The van der Waals surface area contributed by atoms with E-state index in [1.807, 2.05) is 0 Å². The molecular formula is C14H13BrFNO3S. The average molecular weight is 374 g/mol. The Morgan fingerprint density at radius 1 is 1.24 bits per heavy atom. The lowest BCUT2D eigenvalue weighted by Gasteiger charge is -2.11. The molecule has 2 aromatic rings. The molecule has 7 heteroatoms. The summed E-state index contributed by atoms with van der Waals surface area (Å²) in [5, 5.41) is 9.20. The summed E-state index contributed by atoms with van der Waals surface area (Å²) in [6, 6.07) is 8.35. The Hall–Kier alpha value is -1.44. The predicted octanol–water partition coefficient (Wildman–Crippen LogP) is 3.19. The lowest BCUT2D eigenvalue weighted by molar-refractivity contribution is 0.281. The second-order valence-corrected chi connectivity index (χ2v) is 7.07. The van der Waals surface area contributed by atoms with Crippen LogP contribution in [0, 0.1) is 12.7 Å². The monoisotopic (exact) mass is 373 g/mol. The van der Waals surface area contributed by atoms with Crippen LogP contribution < -0.4 is 4.72 Å². The van der Waals surface area contributed by atoms with E-state index in [2.05, 4.69) is 20.7 Å². The van der Waals surface area contributed by atoms with Gasteiger partial charge in [0.25, 0.3) is 10.0 Å². The highest BCUT2D eigenvalue weighted by atomic mass is 79.9. The molecule has 0 bridgehead atoms. The van der Waals surface area contributed by atoms with Crippen molar-refractivity contribution in [1.82, 2.24) is 0 Å². The minimum Gasteiger partial charge on any atom is -0.392 e. The third kappa shape index (κ3) is 3.61. The minimum absolute atomic E-state index is 0.0310. The first-order valence-corrected chi connectivity index (χ1v) is 8.29. The zero-order valence-electron chi connectivity index (χ0n) is 11.1. The van der Waals surface area contributed by atoms with Gasteiger partial charge in [0, 0.05) is 4.47 Å². The number of aliphatic hydroxyl groups is 1. The Morgan fingerprint density at radius 2 is 1.95 bits per heavy atom. The third-order valence-corrected chi connectivity index (χ3v) is 4.83. The van der Waals surface area contributed by atoms with Crippen LogP contribution >= 0.6 is 15.9 Å². The van der Waals surface area contributed by atoms with Crippen molar-refractivity contribution >= 4 is 31.6 Å². The van der Waals surface area contributed by atoms with E-state index in [0.29, 0.717) is 10.0 Å². The van der Waals surface area contributed by atoms with Crippen molar-refractivity contribution in [2.45, 2.75) is 18.4 Å². The molecule has 0 amide bonds. The Kier molecular flexibility index (Phi) is 4.65. The van der Waals surface area contributed by atoms with E-state index in [1.165, 1.54) is 24.3 Å². The van der Waals surface area contributed by atoms with Gasteiger partial charge >= 0.3 is 0 Å². The van der Waals surface area contributed by atoms with Crippen molar-refractivity contribution < 1.29 is 17.9 Å². The van der Waals surface area contributed by atoms with Crippen LogP contribution in [-0.2, 0) is 16.6 Å². The van der Waals surface area contributed by atoms with E-state index in [9.17, 15) is 17.9 Å². The number of aliphatic hydroxyl groups excluding tert-OH is 1. The summed E-state index contributed by atoms with van der Waals surface area (Å²) in [5.41, 5.74) is 1.15. The third-order valence-electron chi connectivity index (χ3n) is 2.97. The molecule has 0 aliphatic rings. The van der Waals surface area contributed by atoms with Crippen molar-refractivity contribution in [2.24, 2.45) is 0 Å². The summed E-state index contributed by atoms with van der Waals surface area (Å²) in [7, 11) is -3.92. The Balaban J connectivity index is 2.41. The molecule has 0 unspecified atom stereocenters. The maximum absolute atomic E-state index is 13.6. The molecule has 0 heterocycles. The maximum Gasteiger partial charge on any atom is 0.261 e. The number of halogens is 2. The van der Waals surface area contributed by atoms with Gasteiger partial charge in [-0.25, -0.2) is 12.8 Å². The first-order chi connectivity index (χ1) is 9.83. The van der Waals surface area contributed by atoms with Gasteiger partial charge in [-0.3, -0.25) is 4.72 Å². The van der Waals surface area contributed by atoms with Gasteiger partial charge in [0.1, 0.15) is 5.82 Å². The molecule has 0 aromatic heterocycles. The number of sulfonamides is 1. The smallest absolute Gasteiger partial charge is 0.261 e. The Bertz CT molecular complexity index is 778. The normalized spacial score (nSPS) is 11.4. The fraction of sp³-hybridized carbons (Fsp3) is 0.143. The molecule has 0 atom stereocenters. The Labute approximate surface area is 130 Å². The lowest BCUT2D eigenvalue weighted by Crippen LogP contribution is -2.14. The summed E-state index contributed by atoms with van der Waals surface area (Å²) in [6.07, 6.45) is 0. The van der Waals surface area contributed by atoms with Gasteiger partial charge < -0.3 is 5.11 Å². The molecule has 0 saturated heterocycles. The number of rotatable bonds is 4. The van der Waals surface area contributed by atoms with E-state index >= 15 is 0 Å². The summed E-state index contributed by atoms with van der Waals surface area (Å²) >= 11 is 3.16. The number of aryl methyl sites for hydroxylation is 1. The molecule has 2 rings (SSSR count). The highest BCUT2D eigenvalue weighted by Crippen LogP contribution is 2.24. The van der Waals surface area contributed by atoms with E-state index in [-0.39, 0.29) is 17.2 Å². The molecule has 2 aromatic carbocycles. The van der Waals surface area contributed by atoms with Crippen LogP contribution in [0.2, 0.25) is 0 Å². The SMILES string of the molecule is Cc1ccc(S(=O)(=O)Nc2cc(Br)ccc2F)cc1CO. The second-order valence-electron chi connectivity index (χ2n) is 4.48. The van der Waals surface area contributed by atoms with Crippen LogP contribution in [0.3, 0.4) is 0 Å². The van der Waals surface area contributed by atoms with E-state index in [1.54, 1.807) is 13.0 Å². The number of nitrogens with one attached hydrogen (secondary N) is 1. The van der Waals surface area contributed by atoms with E-state index in [0.717, 1.165) is 11.6 Å². The number of hydrogen-bond donors (Lipinski definition) is 2. The van der Waals surface area contributed by atoms with Gasteiger partial charge in [-0.15, -0.1) is 0 Å². The zero-order valence-corrected chi connectivity index (χ0v) is 13.5. The van der Waals surface area contributed by atoms with Crippen molar-refractivity contribution in [2.75, 3.05) is 4.72 Å². The maximum atomic E-state index is 13.6. The largest absolute Gasteiger partial charge is 0.392 e. The molecule has 0 aliphatic heterocycles. The van der Waals surface area contributed by atoms with Crippen LogP contribution in [0.5, 0.6) is 0 Å². The van der Waals surface area contributed by atoms with Gasteiger partial charge in [0.15, 0.2) is 0 Å². The van der Waals surface area contributed by atoms with Gasteiger partial charge in [-0.2, -0.15) is 0 Å². The van der Waals surface area contributed by atoms with Crippen LogP contribution in [0.4, 0.5) is 10.1 Å². The highest BCUT2D eigenvalue weighted by molar-refractivity contribution is 9.10. The second kappa shape index (κ2) is 6.13. The summed E-state index contributed by atoms with van der Waals surface area (Å²) in [4.78, 5) is -0.0310. The molecule has 0 spiro atoms. The molecule has 21 heavy (non-hydrogen) atoms. The summed E-state index contributed by atoms with van der Waals surface area (Å²) in [6.45, 7) is 1.50. The highest BCUT2D eigenvalue weighted by Gasteiger charge is 2.17. The van der Waals surface area contributed by atoms with Gasteiger partial charge in [0.05, 0.1) is 17.2 Å². The van der Waals surface area contributed by atoms with E-state index in [4.69, 9.17) is 0 Å². The first kappa shape index (κ1) is 15.9.